The molecule has 8 nitrogen and oxygen atoms in total. The number of aromatic nitrogens is 3. The van der Waals surface area contributed by atoms with Crippen molar-refractivity contribution in [2.45, 2.75) is 33.7 Å². The summed E-state index contributed by atoms with van der Waals surface area (Å²) in [6.45, 7) is 8.60. The number of furan rings is 1. The Balaban J connectivity index is 1.73. The first-order chi connectivity index (χ1) is 15.8. The molecule has 0 radical (unpaired) electrons. The van der Waals surface area contributed by atoms with E-state index < -0.39 is 0 Å². The molecule has 1 aromatic carbocycles. The first-order valence-corrected chi connectivity index (χ1v) is 11.0. The molecule has 0 spiro atoms. The fourth-order valence-electron chi connectivity index (χ4n) is 3.51. The van der Waals surface area contributed by atoms with Gasteiger partial charge in [-0.05, 0) is 50.1 Å². The smallest absolute Gasteiger partial charge is 0.256 e. The lowest BCUT2D eigenvalue weighted by Crippen LogP contribution is -2.28. The Bertz CT molecular complexity index is 1290. The van der Waals surface area contributed by atoms with Crippen LogP contribution in [0.4, 0.5) is 5.69 Å². The standard InChI is InChI=1S/C25H27N5O3/c1-15(2)13-26-24(31)17-8-5-6-9-20(17)29-25(32)18-12-21(22-10-7-11-33-22)28-23-19(18)14-27-30(23)16(3)4/h5-12,14-16H,13H2,1-4H3,(H,26,31)(H,29,32). The van der Waals surface area contributed by atoms with Gasteiger partial charge >= 0.3 is 0 Å². The van der Waals surface area contributed by atoms with E-state index in [4.69, 9.17) is 9.40 Å². The second-order valence-electron chi connectivity index (χ2n) is 8.56. The van der Waals surface area contributed by atoms with E-state index in [1.807, 2.05) is 27.7 Å². The van der Waals surface area contributed by atoms with Crippen molar-refractivity contribution in [3.63, 3.8) is 0 Å². The number of rotatable bonds is 7. The van der Waals surface area contributed by atoms with Crippen molar-refractivity contribution in [3.05, 3.63) is 66.1 Å². The van der Waals surface area contributed by atoms with E-state index in [1.165, 1.54) is 0 Å². The van der Waals surface area contributed by atoms with Crippen LogP contribution in [0.2, 0.25) is 0 Å². The molecule has 4 aromatic rings. The number of nitrogens with zero attached hydrogens (tertiary/aromatic N) is 3. The van der Waals surface area contributed by atoms with Gasteiger partial charge in [0.15, 0.2) is 11.4 Å². The zero-order chi connectivity index (χ0) is 23.5. The minimum absolute atomic E-state index is 0.0585. The number of benzene rings is 1. The highest BCUT2D eigenvalue weighted by molar-refractivity contribution is 6.14. The predicted octanol–water partition coefficient (Wildman–Crippen LogP) is 4.91. The Kier molecular flexibility index (Phi) is 6.26. The molecule has 0 bridgehead atoms. The minimum Gasteiger partial charge on any atom is -0.463 e. The Morgan fingerprint density at radius 2 is 1.82 bits per heavy atom. The molecule has 0 aliphatic heterocycles. The van der Waals surface area contributed by atoms with Crippen LogP contribution in [-0.2, 0) is 0 Å². The first-order valence-electron chi connectivity index (χ1n) is 11.0. The fourth-order valence-corrected chi connectivity index (χ4v) is 3.51. The summed E-state index contributed by atoms with van der Waals surface area (Å²) >= 11 is 0. The van der Waals surface area contributed by atoms with E-state index in [-0.39, 0.29) is 17.9 Å². The van der Waals surface area contributed by atoms with Crippen molar-refractivity contribution >= 4 is 28.5 Å². The number of fused-ring (bicyclic) bond motifs is 1. The van der Waals surface area contributed by atoms with Gasteiger partial charge in [0, 0.05) is 12.6 Å². The van der Waals surface area contributed by atoms with Crippen LogP contribution in [0.15, 0.2) is 59.3 Å². The molecule has 8 heteroatoms. The summed E-state index contributed by atoms with van der Waals surface area (Å²) in [6, 6.07) is 12.3. The molecule has 2 amide bonds. The molecule has 0 aliphatic rings. The molecule has 2 N–H and O–H groups in total. The van der Waals surface area contributed by atoms with Gasteiger partial charge in [0.1, 0.15) is 5.69 Å². The van der Waals surface area contributed by atoms with Crippen LogP contribution in [-0.4, -0.2) is 33.1 Å². The van der Waals surface area contributed by atoms with Crippen LogP contribution in [0, 0.1) is 5.92 Å². The number of hydrogen-bond donors (Lipinski definition) is 2. The second kappa shape index (κ2) is 9.28. The highest BCUT2D eigenvalue weighted by atomic mass is 16.3. The summed E-state index contributed by atoms with van der Waals surface area (Å²) in [5.74, 6) is 0.278. The molecule has 33 heavy (non-hydrogen) atoms. The lowest BCUT2D eigenvalue weighted by molar-refractivity contribution is 0.0950. The third kappa shape index (κ3) is 4.64. The third-order valence-electron chi connectivity index (χ3n) is 5.16. The van der Waals surface area contributed by atoms with E-state index in [9.17, 15) is 9.59 Å². The van der Waals surface area contributed by atoms with E-state index in [2.05, 4.69) is 15.7 Å². The summed E-state index contributed by atoms with van der Waals surface area (Å²) in [4.78, 5) is 30.8. The van der Waals surface area contributed by atoms with E-state index in [0.29, 0.717) is 51.8 Å². The summed E-state index contributed by atoms with van der Waals surface area (Å²) in [6.07, 6.45) is 3.21. The maximum atomic E-state index is 13.4. The quantitative estimate of drug-likeness (QED) is 0.421. The Morgan fingerprint density at radius 1 is 1.03 bits per heavy atom. The maximum Gasteiger partial charge on any atom is 0.256 e. The van der Waals surface area contributed by atoms with E-state index in [0.717, 1.165) is 0 Å². The third-order valence-corrected chi connectivity index (χ3v) is 5.16. The number of pyridine rings is 1. The molecule has 3 aromatic heterocycles. The monoisotopic (exact) mass is 445 g/mol. The minimum atomic E-state index is -0.359. The van der Waals surface area contributed by atoms with E-state index >= 15 is 0 Å². The van der Waals surface area contributed by atoms with Crippen molar-refractivity contribution < 1.29 is 14.0 Å². The maximum absolute atomic E-state index is 13.4. The van der Waals surface area contributed by atoms with Gasteiger partial charge in [0.25, 0.3) is 11.8 Å². The van der Waals surface area contributed by atoms with Crippen LogP contribution < -0.4 is 10.6 Å². The average molecular weight is 446 g/mol. The summed E-state index contributed by atoms with van der Waals surface area (Å²) < 4.78 is 7.29. The van der Waals surface area contributed by atoms with Crippen LogP contribution in [0.1, 0.15) is 54.5 Å². The van der Waals surface area contributed by atoms with Crippen molar-refractivity contribution in [1.82, 2.24) is 20.1 Å². The van der Waals surface area contributed by atoms with Gasteiger partial charge in [0.2, 0.25) is 0 Å². The largest absolute Gasteiger partial charge is 0.463 e. The van der Waals surface area contributed by atoms with Crippen LogP contribution in [0.25, 0.3) is 22.5 Å². The molecular weight excluding hydrogens is 418 g/mol. The number of carbonyl (C=O) groups is 2. The zero-order valence-corrected chi connectivity index (χ0v) is 19.1. The van der Waals surface area contributed by atoms with Crippen molar-refractivity contribution in [2.24, 2.45) is 5.92 Å². The van der Waals surface area contributed by atoms with Gasteiger partial charge in [-0.3, -0.25) is 9.59 Å². The predicted molar refractivity (Wildman–Crippen MR) is 127 cm³/mol. The number of hydrogen-bond acceptors (Lipinski definition) is 5. The topological polar surface area (TPSA) is 102 Å². The zero-order valence-electron chi connectivity index (χ0n) is 19.1. The molecule has 0 saturated heterocycles. The SMILES string of the molecule is CC(C)CNC(=O)c1ccccc1NC(=O)c1cc(-c2ccco2)nc2c1cnn2C(C)C. The van der Waals surface area contributed by atoms with Gasteiger partial charge < -0.3 is 15.1 Å². The highest BCUT2D eigenvalue weighted by Gasteiger charge is 2.21. The van der Waals surface area contributed by atoms with E-state index in [1.54, 1.807) is 59.6 Å². The van der Waals surface area contributed by atoms with Crippen molar-refractivity contribution in [2.75, 3.05) is 11.9 Å². The molecule has 0 aliphatic carbocycles. The second-order valence-corrected chi connectivity index (χ2v) is 8.56. The molecule has 0 saturated carbocycles. The Labute approximate surface area is 192 Å². The highest BCUT2D eigenvalue weighted by Crippen LogP contribution is 2.27. The number of carbonyl (C=O) groups excluding carboxylic acids is 2. The van der Waals surface area contributed by atoms with Crippen LogP contribution in [0.5, 0.6) is 0 Å². The molecule has 3 heterocycles. The number of anilines is 1. The van der Waals surface area contributed by atoms with Crippen LogP contribution >= 0.6 is 0 Å². The molecule has 4 rings (SSSR count). The molecule has 170 valence electrons. The van der Waals surface area contributed by atoms with Gasteiger partial charge in [0.05, 0.1) is 34.7 Å². The fraction of sp³-hybridized carbons (Fsp3) is 0.280. The summed E-state index contributed by atoms with van der Waals surface area (Å²) in [5.41, 5.74) is 2.36. The lowest BCUT2D eigenvalue weighted by atomic mass is 10.1. The molecule has 0 atom stereocenters. The van der Waals surface area contributed by atoms with Gasteiger partial charge in [-0.2, -0.15) is 5.10 Å². The normalized spacial score (nSPS) is 11.3. The van der Waals surface area contributed by atoms with Crippen LogP contribution in [0.3, 0.4) is 0 Å². The first kappa shape index (κ1) is 22.3. The Hall–Kier alpha value is -3.94. The molecular formula is C25H27N5O3. The molecule has 0 fully saturated rings. The summed E-state index contributed by atoms with van der Waals surface area (Å²) in [5, 5.41) is 10.9. The number of nitrogens with one attached hydrogen (secondary N) is 2. The van der Waals surface area contributed by atoms with Gasteiger partial charge in [-0.1, -0.05) is 26.0 Å². The van der Waals surface area contributed by atoms with Gasteiger partial charge in [-0.25, -0.2) is 9.67 Å². The lowest BCUT2D eigenvalue weighted by Gasteiger charge is -2.13. The number of para-hydroxylation sites is 1. The summed E-state index contributed by atoms with van der Waals surface area (Å²) in [7, 11) is 0. The molecule has 0 unspecified atom stereocenters. The number of amides is 2. The average Bonchev–Trinajstić information content (AvgIpc) is 3.47. The van der Waals surface area contributed by atoms with Crippen molar-refractivity contribution in [1.29, 1.82) is 0 Å². The van der Waals surface area contributed by atoms with Crippen molar-refractivity contribution in [3.8, 4) is 11.5 Å². The van der Waals surface area contributed by atoms with Gasteiger partial charge in [-0.15, -0.1) is 0 Å². The Morgan fingerprint density at radius 3 is 2.52 bits per heavy atom.